The van der Waals surface area contributed by atoms with Gasteiger partial charge in [0.1, 0.15) is 5.58 Å². The summed E-state index contributed by atoms with van der Waals surface area (Å²) in [4.78, 5) is 9.26. The van der Waals surface area contributed by atoms with E-state index in [1.165, 1.54) is 54.0 Å². The van der Waals surface area contributed by atoms with Crippen molar-refractivity contribution in [2.24, 2.45) is 17.8 Å². The number of para-hydroxylation sites is 1. The molecular weight excluding hydrogens is 861 g/mol. The number of hydrogen-bond donors (Lipinski definition) is 0. The summed E-state index contributed by atoms with van der Waals surface area (Å²) in [5.74, 6) is 9.90. The summed E-state index contributed by atoms with van der Waals surface area (Å²) < 4.78 is 7.77. The van der Waals surface area contributed by atoms with Crippen LogP contribution in [-0.2, 0) is 26.5 Å². The van der Waals surface area contributed by atoms with Crippen LogP contribution in [0.5, 0.6) is 0 Å². The van der Waals surface area contributed by atoms with Crippen molar-refractivity contribution in [3.05, 3.63) is 139 Å². The van der Waals surface area contributed by atoms with Gasteiger partial charge in [0.2, 0.25) is 0 Å². The number of pyridine rings is 2. The zero-order valence-electron chi connectivity index (χ0n) is 29.7. The predicted octanol–water partition coefficient (Wildman–Crippen LogP) is 11.6. The minimum atomic E-state index is -1.72. The molecule has 3 aliphatic carbocycles. The van der Waals surface area contributed by atoms with Gasteiger partial charge >= 0.3 is 99.8 Å². The summed E-state index contributed by atoms with van der Waals surface area (Å²) in [7, 11) is 0. The molecule has 3 aromatic heterocycles. The van der Waals surface area contributed by atoms with Crippen LogP contribution in [-0.4, -0.2) is 23.2 Å². The molecule has 0 spiro atoms. The van der Waals surface area contributed by atoms with Gasteiger partial charge in [0.15, 0.2) is 0 Å². The molecule has 1 unspecified atom stereocenters. The molecule has 10 rings (SSSR count). The molecule has 1 radical (unpaired) electrons. The first-order chi connectivity index (χ1) is 24.4. The van der Waals surface area contributed by atoms with E-state index >= 15 is 0 Å². The molecule has 2 bridgehead atoms. The smallest absolute Gasteiger partial charge is 0.128 e. The summed E-state index contributed by atoms with van der Waals surface area (Å²) in [6.45, 7) is 0. The number of nitrogens with zero attached hydrogens (tertiary/aromatic N) is 2. The van der Waals surface area contributed by atoms with E-state index in [-0.39, 0.29) is 20.1 Å². The van der Waals surface area contributed by atoms with Crippen LogP contribution in [0.1, 0.15) is 37.7 Å². The molecule has 0 N–H and O–H groups in total. The van der Waals surface area contributed by atoms with E-state index in [9.17, 15) is 0 Å². The van der Waals surface area contributed by atoms with E-state index in [2.05, 4.69) is 107 Å². The van der Waals surface area contributed by atoms with Gasteiger partial charge in [0.25, 0.3) is 0 Å². The molecule has 7 aromatic rings. The predicted molar refractivity (Wildman–Crippen MR) is 210 cm³/mol. The van der Waals surface area contributed by atoms with Gasteiger partial charge < -0.3 is 9.40 Å². The van der Waals surface area contributed by atoms with Gasteiger partial charge in [-0.2, -0.15) is 0 Å². The Labute approximate surface area is 318 Å². The quantitative estimate of drug-likeness (QED) is 0.123. The molecule has 0 amide bonds. The Morgan fingerprint density at radius 2 is 1.57 bits per heavy atom. The van der Waals surface area contributed by atoms with Crippen LogP contribution in [0.2, 0.25) is 17.3 Å². The van der Waals surface area contributed by atoms with Crippen molar-refractivity contribution in [2.75, 3.05) is 0 Å². The van der Waals surface area contributed by atoms with Crippen LogP contribution in [0, 0.1) is 29.9 Å². The third kappa shape index (κ3) is 7.84. The Balaban J connectivity index is 0.000000202. The number of benzene rings is 4. The molecule has 3 nitrogen and oxygen atoms in total. The summed E-state index contributed by atoms with van der Waals surface area (Å²) in [5.41, 5.74) is 9.63. The Kier molecular flexibility index (Phi) is 10.8. The molecule has 3 fully saturated rings. The molecule has 0 saturated heterocycles. The minimum absolute atomic E-state index is 0. The maximum atomic E-state index is 6.33. The van der Waals surface area contributed by atoms with Crippen molar-refractivity contribution < 1.29 is 24.5 Å². The standard InChI is InChI=1S/C32H28NO.C14H16GeN.Ir/c1-2-5-24(6-3-1)27-7-4-8-28-29-20-25(13-14-31(29)34-32(27)28)30-19-22(15-16-33-30)18-26-17-21-9-11-23(26)12-10-21;1-15(2,3)13-9-10-14(16-11-13)12-7-5-4-6-8-12;/h1-8,14-16,19-21,23,26H,9-12,17-18H2;4-7,9-11H,1-3H3;/q2*-1;. The molecule has 3 aliphatic rings. The number of hydrogen-bond acceptors (Lipinski definition) is 3. The zero-order valence-corrected chi connectivity index (χ0v) is 34.2. The maximum absolute atomic E-state index is 6.33. The van der Waals surface area contributed by atoms with Crippen molar-refractivity contribution in [2.45, 2.75) is 55.8 Å². The van der Waals surface area contributed by atoms with Crippen molar-refractivity contribution in [1.82, 2.24) is 9.97 Å². The largest absolute Gasteiger partial charge is 0.500 e. The third-order valence-electron chi connectivity index (χ3n) is 10.9. The first-order valence-electron chi connectivity index (χ1n) is 18.2. The second kappa shape index (κ2) is 15.4. The number of furan rings is 1. The van der Waals surface area contributed by atoms with E-state index in [1.54, 1.807) is 0 Å². The summed E-state index contributed by atoms with van der Waals surface area (Å²) in [6.07, 6.45) is 12.4. The molecule has 3 heterocycles. The minimum Gasteiger partial charge on any atom is -0.500 e. The summed E-state index contributed by atoms with van der Waals surface area (Å²) in [5, 5.41) is 2.26. The molecule has 3 saturated carbocycles. The average Bonchev–Trinajstić information content (AvgIpc) is 3.54. The van der Waals surface area contributed by atoms with Gasteiger partial charge in [0.05, 0.1) is 5.58 Å². The number of aromatic nitrogens is 2. The van der Waals surface area contributed by atoms with Gasteiger partial charge in [-0.25, -0.2) is 0 Å². The van der Waals surface area contributed by atoms with Crippen molar-refractivity contribution >= 4 is 39.6 Å². The Hall–Kier alpha value is -3.83. The van der Waals surface area contributed by atoms with E-state index in [0.29, 0.717) is 0 Å². The van der Waals surface area contributed by atoms with Gasteiger partial charge in [-0.05, 0) is 60.8 Å². The monoisotopic (exact) mass is 907 g/mol. The van der Waals surface area contributed by atoms with Crippen molar-refractivity contribution in [3.8, 4) is 33.6 Å². The van der Waals surface area contributed by atoms with Crippen LogP contribution < -0.4 is 4.40 Å². The van der Waals surface area contributed by atoms with Crippen LogP contribution in [0.3, 0.4) is 0 Å². The fourth-order valence-electron chi connectivity index (χ4n) is 8.10. The van der Waals surface area contributed by atoms with Crippen molar-refractivity contribution in [1.29, 1.82) is 0 Å². The van der Waals surface area contributed by atoms with Gasteiger partial charge in [0, 0.05) is 37.3 Å². The Morgan fingerprint density at radius 3 is 2.27 bits per heavy atom. The molecule has 259 valence electrons. The van der Waals surface area contributed by atoms with E-state index in [0.717, 1.165) is 67.8 Å². The van der Waals surface area contributed by atoms with Gasteiger partial charge in [-0.1, -0.05) is 78.4 Å². The molecule has 0 aliphatic heterocycles. The summed E-state index contributed by atoms with van der Waals surface area (Å²) >= 11 is -1.72. The average molecular weight is 906 g/mol. The second-order valence-electron chi connectivity index (χ2n) is 15.3. The van der Waals surface area contributed by atoms with E-state index in [1.807, 2.05) is 48.8 Å². The van der Waals surface area contributed by atoms with Crippen LogP contribution in [0.15, 0.2) is 126 Å². The van der Waals surface area contributed by atoms with Crippen LogP contribution in [0.4, 0.5) is 0 Å². The van der Waals surface area contributed by atoms with Gasteiger partial charge in [-0.15, -0.1) is 23.8 Å². The fraction of sp³-hybridized carbons (Fsp3) is 0.261. The summed E-state index contributed by atoms with van der Waals surface area (Å²) in [6, 6.07) is 44.5. The van der Waals surface area contributed by atoms with Gasteiger partial charge in [-0.3, -0.25) is 0 Å². The number of rotatable bonds is 6. The van der Waals surface area contributed by atoms with Crippen LogP contribution in [0.25, 0.3) is 55.6 Å². The first-order valence-corrected chi connectivity index (χ1v) is 25.5. The third-order valence-corrected chi connectivity index (χ3v) is 15.2. The van der Waals surface area contributed by atoms with E-state index in [4.69, 9.17) is 9.40 Å². The number of fused-ring (bicyclic) bond motifs is 6. The Morgan fingerprint density at radius 1 is 0.745 bits per heavy atom. The molecule has 1 atom stereocenters. The first kappa shape index (κ1) is 35.6. The Bertz CT molecular complexity index is 2220. The SMILES string of the molecule is [CH3][Ge]([CH3])([CH3])[c]1ccc(-c2[c-]cccc2)nc1.[Ir].[c-]1cc2oc3c(-c4ccccc4)cccc3c2cc1-c1cc(CC2CC3CCC2CC3)ccn1. The molecule has 51 heavy (non-hydrogen) atoms. The topological polar surface area (TPSA) is 38.9 Å². The molecular formula is C46H44GeIrN2O-2. The fourth-order valence-corrected chi connectivity index (χ4v) is 10.3. The van der Waals surface area contributed by atoms with Crippen molar-refractivity contribution in [3.63, 3.8) is 0 Å². The maximum Gasteiger partial charge on any atom is 0.128 e. The molecule has 5 heteroatoms. The normalized spacial score (nSPS) is 18.2. The van der Waals surface area contributed by atoms with E-state index < -0.39 is 13.3 Å². The van der Waals surface area contributed by atoms with Crippen LogP contribution >= 0.6 is 0 Å². The molecule has 4 aromatic carbocycles. The zero-order chi connectivity index (χ0) is 34.1. The second-order valence-corrected chi connectivity index (χ2v) is 25.9.